The van der Waals surface area contributed by atoms with E-state index in [-0.39, 0.29) is 25.9 Å². The molecule has 0 fully saturated rings. The van der Waals surface area contributed by atoms with Crippen LogP contribution in [0, 0.1) is 0 Å². The zero-order valence-corrected chi connectivity index (χ0v) is 49.6. The molecule has 0 aliphatic heterocycles. The van der Waals surface area contributed by atoms with E-state index in [0.29, 0.717) is 19.3 Å². The van der Waals surface area contributed by atoms with Gasteiger partial charge in [0.15, 0.2) is 6.10 Å². The molecule has 0 saturated heterocycles. The zero-order chi connectivity index (χ0) is 55.5. The molecule has 0 aliphatic carbocycles. The number of aliphatic hydroxyl groups is 1. The first-order valence-electron chi connectivity index (χ1n) is 30.8. The van der Waals surface area contributed by atoms with Crippen LogP contribution in [-0.2, 0) is 42.2 Å². The standard InChI is InChI=1S/C64H113O11P/c1-4-7-10-13-16-19-22-25-28-29-30-31-34-35-38-41-44-47-50-53-62(66)71-57-61(75-64(68)55-52-49-46-43-40-37-33-27-24-21-18-15-12-9-6-3)59-73-76(69,70)72-58-60(56-65)74-63(67)54-51-48-45-42-39-36-32-26-23-20-17-14-11-8-5-2/h16-21,25-28,32-33,60-61,65H,4-15,22-24,29-31,34-59H2,1-3H3,(H,69,70)/b19-16-,20-17-,21-18-,28-25-,32-26-,33-27-. The van der Waals surface area contributed by atoms with Crippen molar-refractivity contribution in [1.82, 2.24) is 0 Å². The van der Waals surface area contributed by atoms with Crippen molar-refractivity contribution in [3.05, 3.63) is 72.9 Å². The highest BCUT2D eigenvalue weighted by Gasteiger charge is 2.28. The Bertz CT molecular complexity index is 1550. The fraction of sp³-hybridized carbons (Fsp3) is 0.766. The predicted molar refractivity (Wildman–Crippen MR) is 316 cm³/mol. The van der Waals surface area contributed by atoms with Crippen molar-refractivity contribution in [3.63, 3.8) is 0 Å². The summed E-state index contributed by atoms with van der Waals surface area (Å²) in [6.45, 7) is 4.56. The Morgan fingerprint density at radius 1 is 0.368 bits per heavy atom. The molecule has 3 unspecified atom stereocenters. The lowest BCUT2D eigenvalue weighted by atomic mass is 10.1. The van der Waals surface area contributed by atoms with Crippen LogP contribution in [0.1, 0.15) is 278 Å². The summed E-state index contributed by atoms with van der Waals surface area (Å²) in [5, 5.41) is 9.83. The summed E-state index contributed by atoms with van der Waals surface area (Å²) in [4.78, 5) is 48.6. The fourth-order valence-corrected chi connectivity index (χ4v) is 9.11. The molecule has 11 nitrogen and oxygen atoms in total. The molecule has 0 saturated carbocycles. The van der Waals surface area contributed by atoms with Gasteiger partial charge in [-0.05, 0) is 116 Å². The molecular formula is C64H113O11P. The number of esters is 3. The van der Waals surface area contributed by atoms with Crippen molar-refractivity contribution >= 4 is 25.7 Å². The number of phosphoric acid groups is 1. The number of carbonyl (C=O) groups excluding carboxylic acids is 3. The van der Waals surface area contributed by atoms with Gasteiger partial charge < -0.3 is 24.2 Å². The van der Waals surface area contributed by atoms with Crippen LogP contribution in [0.25, 0.3) is 0 Å². The second-order valence-corrected chi connectivity index (χ2v) is 22.0. The maximum Gasteiger partial charge on any atom is 0.472 e. The molecule has 0 heterocycles. The van der Waals surface area contributed by atoms with Crippen molar-refractivity contribution in [3.8, 4) is 0 Å². The summed E-state index contributed by atoms with van der Waals surface area (Å²) in [6, 6.07) is 0. The van der Waals surface area contributed by atoms with Gasteiger partial charge in [-0.2, -0.15) is 0 Å². The Morgan fingerprint density at radius 2 is 0.645 bits per heavy atom. The van der Waals surface area contributed by atoms with Gasteiger partial charge in [-0.15, -0.1) is 0 Å². The molecule has 12 heteroatoms. The molecule has 0 aromatic carbocycles. The van der Waals surface area contributed by atoms with Gasteiger partial charge in [0.2, 0.25) is 0 Å². The van der Waals surface area contributed by atoms with E-state index in [1.807, 2.05) is 0 Å². The van der Waals surface area contributed by atoms with Gasteiger partial charge in [-0.25, -0.2) is 4.57 Å². The second-order valence-electron chi connectivity index (χ2n) is 20.5. The molecule has 3 atom stereocenters. The summed E-state index contributed by atoms with van der Waals surface area (Å²) in [7, 11) is -4.76. The topological polar surface area (TPSA) is 155 Å². The maximum absolute atomic E-state index is 12.9. The number of carbonyl (C=O) groups is 3. The van der Waals surface area contributed by atoms with Crippen LogP contribution in [0.3, 0.4) is 0 Å². The molecule has 0 aromatic rings. The van der Waals surface area contributed by atoms with Crippen LogP contribution in [0.2, 0.25) is 0 Å². The van der Waals surface area contributed by atoms with Crippen molar-refractivity contribution in [2.24, 2.45) is 0 Å². The molecule has 0 radical (unpaired) electrons. The Kier molecular flexibility index (Phi) is 55.7. The molecule has 0 bridgehead atoms. The second kappa shape index (κ2) is 58.1. The van der Waals surface area contributed by atoms with E-state index in [1.165, 1.54) is 96.3 Å². The minimum Gasteiger partial charge on any atom is -0.462 e. The molecule has 2 N–H and O–H groups in total. The lowest BCUT2D eigenvalue weighted by molar-refractivity contribution is -0.161. The van der Waals surface area contributed by atoms with E-state index in [9.17, 15) is 28.9 Å². The summed E-state index contributed by atoms with van der Waals surface area (Å²) in [6.07, 6.45) is 65.6. The van der Waals surface area contributed by atoms with Crippen LogP contribution >= 0.6 is 7.82 Å². The molecule has 0 rings (SSSR count). The van der Waals surface area contributed by atoms with E-state index in [2.05, 4.69) is 93.7 Å². The molecule has 440 valence electrons. The summed E-state index contributed by atoms with van der Waals surface area (Å²) in [5.74, 6) is -1.49. The number of allylic oxidation sites excluding steroid dienone is 12. The minimum atomic E-state index is -4.76. The Hall–Kier alpha value is -3.08. The number of phosphoric ester groups is 1. The van der Waals surface area contributed by atoms with Gasteiger partial charge in [0, 0.05) is 19.3 Å². The highest BCUT2D eigenvalue weighted by Crippen LogP contribution is 2.43. The van der Waals surface area contributed by atoms with Gasteiger partial charge in [-0.3, -0.25) is 23.4 Å². The van der Waals surface area contributed by atoms with Gasteiger partial charge in [0.05, 0.1) is 19.8 Å². The van der Waals surface area contributed by atoms with Gasteiger partial charge in [0.25, 0.3) is 0 Å². The number of unbranched alkanes of at least 4 members (excludes halogenated alkanes) is 28. The largest absolute Gasteiger partial charge is 0.472 e. The third-order valence-corrected chi connectivity index (χ3v) is 14.0. The van der Waals surface area contributed by atoms with E-state index in [1.54, 1.807) is 0 Å². The molecular weight excluding hydrogens is 976 g/mol. The molecule has 76 heavy (non-hydrogen) atoms. The Morgan fingerprint density at radius 3 is 0.974 bits per heavy atom. The molecule has 0 aliphatic rings. The summed E-state index contributed by atoms with van der Waals surface area (Å²) in [5.41, 5.74) is 0. The van der Waals surface area contributed by atoms with Gasteiger partial charge in [0.1, 0.15) is 12.7 Å². The average Bonchev–Trinajstić information content (AvgIpc) is 3.41. The summed E-state index contributed by atoms with van der Waals surface area (Å²) >= 11 is 0. The highest BCUT2D eigenvalue weighted by atomic mass is 31.2. The fourth-order valence-electron chi connectivity index (χ4n) is 8.33. The van der Waals surface area contributed by atoms with Crippen molar-refractivity contribution < 1.29 is 52.2 Å². The smallest absolute Gasteiger partial charge is 0.462 e. The lowest BCUT2D eigenvalue weighted by Crippen LogP contribution is -2.30. The van der Waals surface area contributed by atoms with Crippen molar-refractivity contribution in [1.29, 1.82) is 0 Å². The zero-order valence-electron chi connectivity index (χ0n) is 48.7. The normalized spacial score (nSPS) is 13.8. The van der Waals surface area contributed by atoms with E-state index >= 15 is 0 Å². The number of hydrogen-bond donors (Lipinski definition) is 2. The van der Waals surface area contributed by atoms with E-state index < -0.39 is 57.8 Å². The van der Waals surface area contributed by atoms with Crippen LogP contribution in [0.5, 0.6) is 0 Å². The molecule has 0 spiro atoms. The quantitative estimate of drug-likeness (QED) is 0.0197. The Balaban J connectivity index is 4.73. The van der Waals surface area contributed by atoms with Crippen molar-refractivity contribution in [2.75, 3.05) is 26.4 Å². The Labute approximate surface area is 465 Å². The van der Waals surface area contributed by atoms with Crippen LogP contribution in [-0.4, -0.2) is 66.5 Å². The first kappa shape index (κ1) is 72.9. The number of hydrogen-bond acceptors (Lipinski definition) is 10. The van der Waals surface area contributed by atoms with Gasteiger partial charge in [-0.1, -0.05) is 216 Å². The van der Waals surface area contributed by atoms with E-state index in [0.717, 1.165) is 122 Å². The summed E-state index contributed by atoms with van der Waals surface area (Å²) < 4.78 is 39.6. The number of aliphatic hydroxyl groups excluding tert-OH is 1. The van der Waals surface area contributed by atoms with E-state index in [4.69, 9.17) is 23.3 Å². The predicted octanol–water partition coefficient (Wildman–Crippen LogP) is 18.5. The number of rotatable bonds is 57. The third kappa shape index (κ3) is 55.7. The lowest BCUT2D eigenvalue weighted by Gasteiger charge is -2.21. The first-order valence-corrected chi connectivity index (χ1v) is 32.3. The molecule has 0 aromatic heterocycles. The highest BCUT2D eigenvalue weighted by molar-refractivity contribution is 7.47. The molecule has 0 amide bonds. The minimum absolute atomic E-state index is 0.148. The monoisotopic (exact) mass is 1090 g/mol. The SMILES string of the molecule is CCCCC/C=C\C/C=C\CCCCCCCCCCCC(=O)OCC(COP(=O)(O)OCC(CO)OC(=O)CCCCCCC/C=C\C/C=C\CCCCC)OC(=O)CCCCCCC/C=C\C/C=C\CCCCC. The van der Waals surface area contributed by atoms with Crippen LogP contribution in [0.15, 0.2) is 72.9 Å². The van der Waals surface area contributed by atoms with Gasteiger partial charge >= 0.3 is 25.7 Å². The average molecular weight is 1090 g/mol. The van der Waals surface area contributed by atoms with Crippen LogP contribution in [0.4, 0.5) is 0 Å². The maximum atomic E-state index is 12.9. The third-order valence-electron chi connectivity index (χ3n) is 13.1. The first-order chi connectivity index (χ1) is 37.2. The van der Waals surface area contributed by atoms with Crippen LogP contribution < -0.4 is 0 Å². The van der Waals surface area contributed by atoms with Crippen molar-refractivity contribution in [2.45, 2.75) is 290 Å². The number of ether oxygens (including phenoxy) is 3.